The smallest absolute Gasteiger partial charge is 0.264 e. The Morgan fingerprint density at radius 1 is 1.00 bits per heavy atom. The molecule has 0 aromatic heterocycles. The molecule has 1 atom stereocenters. The van der Waals surface area contributed by atoms with Gasteiger partial charge < -0.3 is 5.32 Å². The molecule has 0 fully saturated rings. The van der Waals surface area contributed by atoms with Crippen LogP contribution in [0.5, 0.6) is 0 Å². The number of nitrogens with one attached hydrogen (secondary N) is 1. The number of carbonyl (C=O) groups is 1. The molecular formula is C25H27ClN2O3S. The lowest BCUT2D eigenvalue weighted by molar-refractivity contribution is -0.120. The third kappa shape index (κ3) is 5.50. The van der Waals surface area contributed by atoms with E-state index in [1.54, 1.807) is 49.4 Å². The average Bonchev–Trinajstić information content (AvgIpc) is 2.78. The van der Waals surface area contributed by atoms with E-state index in [1.807, 2.05) is 44.2 Å². The van der Waals surface area contributed by atoms with Gasteiger partial charge in [-0.05, 0) is 55.7 Å². The maximum Gasteiger partial charge on any atom is 0.264 e. The van der Waals surface area contributed by atoms with Crippen molar-refractivity contribution in [3.63, 3.8) is 0 Å². The van der Waals surface area contributed by atoms with Gasteiger partial charge in [0.15, 0.2) is 0 Å². The SMILES string of the molecule is CC[C@H](NC(=O)CN(c1cc(Cl)ccc1C)S(=O)(=O)c1ccc(C)cc1)c1ccccc1. The summed E-state index contributed by atoms with van der Waals surface area (Å²) >= 11 is 6.18. The van der Waals surface area contributed by atoms with Gasteiger partial charge in [-0.3, -0.25) is 9.10 Å². The minimum absolute atomic E-state index is 0.116. The van der Waals surface area contributed by atoms with Crippen LogP contribution in [0.3, 0.4) is 0 Å². The molecule has 0 heterocycles. The molecule has 0 saturated heterocycles. The number of amides is 1. The van der Waals surface area contributed by atoms with Crippen molar-refractivity contribution in [1.29, 1.82) is 0 Å². The van der Waals surface area contributed by atoms with Gasteiger partial charge in [-0.15, -0.1) is 0 Å². The van der Waals surface area contributed by atoms with E-state index in [0.29, 0.717) is 22.7 Å². The number of carbonyl (C=O) groups excluding carboxylic acids is 1. The fourth-order valence-corrected chi connectivity index (χ4v) is 5.11. The summed E-state index contributed by atoms with van der Waals surface area (Å²) in [6, 6.07) is 21.0. The molecule has 168 valence electrons. The van der Waals surface area contributed by atoms with Gasteiger partial charge in [0.2, 0.25) is 5.91 Å². The predicted molar refractivity (Wildman–Crippen MR) is 130 cm³/mol. The van der Waals surface area contributed by atoms with E-state index in [4.69, 9.17) is 11.6 Å². The van der Waals surface area contributed by atoms with Gasteiger partial charge in [0.25, 0.3) is 10.0 Å². The molecule has 0 spiro atoms. The van der Waals surface area contributed by atoms with Gasteiger partial charge >= 0.3 is 0 Å². The van der Waals surface area contributed by atoms with Crippen LogP contribution in [-0.2, 0) is 14.8 Å². The van der Waals surface area contributed by atoms with E-state index in [2.05, 4.69) is 5.32 Å². The number of rotatable bonds is 8. The number of hydrogen-bond acceptors (Lipinski definition) is 3. The van der Waals surface area contributed by atoms with Crippen LogP contribution >= 0.6 is 11.6 Å². The normalized spacial score (nSPS) is 12.2. The van der Waals surface area contributed by atoms with Crippen molar-refractivity contribution in [2.24, 2.45) is 0 Å². The Labute approximate surface area is 195 Å². The van der Waals surface area contributed by atoms with Crippen LogP contribution in [0.4, 0.5) is 5.69 Å². The Balaban J connectivity index is 1.96. The molecule has 0 unspecified atom stereocenters. The molecular weight excluding hydrogens is 444 g/mol. The molecule has 7 heteroatoms. The summed E-state index contributed by atoms with van der Waals surface area (Å²) in [4.78, 5) is 13.2. The molecule has 0 aliphatic heterocycles. The van der Waals surface area contributed by atoms with Gasteiger partial charge in [-0.2, -0.15) is 0 Å². The topological polar surface area (TPSA) is 66.5 Å². The summed E-state index contributed by atoms with van der Waals surface area (Å²) in [5.74, 6) is -0.393. The summed E-state index contributed by atoms with van der Waals surface area (Å²) < 4.78 is 28.3. The zero-order chi connectivity index (χ0) is 23.3. The molecule has 32 heavy (non-hydrogen) atoms. The number of nitrogens with zero attached hydrogens (tertiary/aromatic N) is 1. The Morgan fingerprint density at radius 2 is 1.66 bits per heavy atom. The number of sulfonamides is 1. The zero-order valence-corrected chi connectivity index (χ0v) is 20.0. The third-order valence-electron chi connectivity index (χ3n) is 5.28. The number of benzene rings is 3. The number of hydrogen-bond donors (Lipinski definition) is 1. The summed E-state index contributed by atoms with van der Waals surface area (Å²) in [7, 11) is -4.00. The lowest BCUT2D eigenvalue weighted by Crippen LogP contribution is -2.42. The second-order valence-electron chi connectivity index (χ2n) is 7.69. The highest BCUT2D eigenvalue weighted by Crippen LogP contribution is 2.29. The van der Waals surface area contributed by atoms with Crippen molar-refractivity contribution in [3.8, 4) is 0 Å². The van der Waals surface area contributed by atoms with E-state index in [-0.39, 0.29) is 17.5 Å². The van der Waals surface area contributed by atoms with Crippen molar-refractivity contribution in [2.75, 3.05) is 10.8 Å². The summed E-state index contributed by atoms with van der Waals surface area (Å²) in [6.45, 7) is 5.29. The Kier molecular flexibility index (Phi) is 7.59. The van der Waals surface area contributed by atoms with Gasteiger partial charge in [0, 0.05) is 5.02 Å². The van der Waals surface area contributed by atoms with Crippen molar-refractivity contribution in [2.45, 2.75) is 38.1 Å². The number of aryl methyl sites for hydroxylation is 2. The Morgan fingerprint density at radius 3 is 2.28 bits per heavy atom. The molecule has 0 aliphatic carbocycles. The highest BCUT2D eigenvalue weighted by Gasteiger charge is 2.29. The summed E-state index contributed by atoms with van der Waals surface area (Å²) in [5.41, 5.74) is 2.99. The summed E-state index contributed by atoms with van der Waals surface area (Å²) in [6.07, 6.45) is 0.677. The molecule has 3 aromatic carbocycles. The van der Waals surface area contributed by atoms with E-state index in [9.17, 15) is 13.2 Å². The molecule has 0 radical (unpaired) electrons. The second-order valence-corrected chi connectivity index (χ2v) is 9.99. The fraction of sp³-hybridized carbons (Fsp3) is 0.240. The summed E-state index contributed by atoms with van der Waals surface area (Å²) in [5, 5.41) is 3.37. The quantitative estimate of drug-likeness (QED) is 0.478. The highest BCUT2D eigenvalue weighted by molar-refractivity contribution is 7.92. The monoisotopic (exact) mass is 470 g/mol. The van der Waals surface area contributed by atoms with Gasteiger partial charge in [0.1, 0.15) is 6.54 Å². The van der Waals surface area contributed by atoms with E-state index in [0.717, 1.165) is 15.4 Å². The average molecular weight is 471 g/mol. The van der Waals surface area contributed by atoms with Crippen LogP contribution in [0.2, 0.25) is 5.02 Å². The second kappa shape index (κ2) is 10.2. The molecule has 3 aromatic rings. The molecule has 0 bridgehead atoms. The van der Waals surface area contributed by atoms with Gasteiger partial charge in [-0.1, -0.05) is 72.6 Å². The lowest BCUT2D eigenvalue weighted by atomic mass is 10.0. The van der Waals surface area contributed by atoms with E-state index < -0.39 is 15.9 Å². The number of halogens is 1. The van der Waals surface area contributed by atoms with Crippen LogP contribution in [0.25, 0.3) is 0 Å². The van der Waals surface area contributed by atoms with Crippen LogP contribution in [0.1, 0.15) is 36.1 Å². The number of anilines is 1. The van der Waals surface area contributed by atoms with Crippen LogP contribution in [0.15, 0.2) is 77.7 Å². The minimum Gasteiger partial charge on any atom is -0.348 e. The van der Waals surface area contributed by atoms with Crippen molar-refractivity contribution >= 4 is 33.2 Å². The minimum atomic E-state index is -4.00. The molecule has 1 N–H and O–H groups in total. The fourth-order valence-electron chi connectivity index (χ4n) is 3.47. The van der Waals surface area contributed by atoms with Crippen LogP contribution < -0.4 is 9.62 Å². The first-order chi connectivity index (χ1) is 15.2. The molecule has 0 aliphatic rings. The molecule has 0 saturated carbocycles. The molecule has 1 amide bonds. The van der Waals surface area contributed by atoms with Gasteiger partial charge in [0.05, 0.1) is 16.6 Å². The van der Waals surface area contributed by atoms with Gasteiger partial charge in [-0.25, -0.2) is 8.42 Å². The largest absolute Gasteiger partial charge is 0.348 e. The first kappa shape index (κ1) is 23.8. The van der Waals surface area contributed by atoms with Crippen molar-refractivity contribution in [3.05, 3.63) is 94.5 Å². The Bertz CT molecular complexity index is 1180. The Hall–Kier alpha value is -2.83. The maximum absolute atomic E-state index is 13.6. The third-order valence-corrected chi connectivity index (χ3v) is 7.29. The van der Waals surface area contributed by atoms with Crippen LogP contribution in [0, 0.1) is 13.8 Å². The van der Waals surface area contributed by atoms with E-state index in [1.165, 1.54) is 0 Å². The van der Waals surface area contributed by atoms with Crippen molar-refractivity contribution in [1.82, 2.24) is 5.32 Å². The van der Waals surface area contributed by atoms with Crippen LogP contribution in [-0.4, -0.2) is 20.9 Å². The molecule has 5 nitrogen and oxygen atoms in total. The predicted octanol–water partition coefficient (Wildman–Crippen LogP) is 5.42. The molecule has 3 rings (SSSR count). The zero-order valence-electron chi connectivity index (χ0n) is 18.4. The maximum atomic E-state index is 13.6. The first-order valence-electron chi connectivity index (χ1n) is 10.4. The highest BCUT2D eigenvalue weighted by atomic mass is 35.5. The lowest BCUT2D eigenvalue weighted by Gasteiger charge is -2.27. The van der Waals surface area contributed by atoms with E-state index >= 15 is 0 Å². The standard InChI is InChI=1S/C25H27ClN2O3S/c1-4-23(20-8-6-5-7-9-20)27-25(29)17-28(24-16-21(26)13-12-19(24)3)32(30,31)22-14-10-18(2)11-15-22/h5-16,23H,4,17H2,1-3H3,(H,27,29)/t23-/m0/s1. The van der Waals surface area contributed by atoms with Crippen molar-refractivity contribution < 1.29 is 13.2 Å². The first-order valence-corrected chi connectivity index (χ1v) is 12.2.